The van der Waals surface area contributed by atoms with Crippen molar-refractivity contribution in [1.82, 2.24) is 0 Å². The molecule has 0 bridgehead atoms. The van der Waals surface area contributed by atoms with Crippen LogP contribution in [0.3, 0.4) is 0 Å². The molecule has 2 aliphatic carbocycles. The van der Waals surface area contributed by atoms with E-state index in [-0.39, 0.29) is 10.8 Å². The van der Waals surface area contributed by atoms with E-state index in [1.807, 2.05) is 11.3 Å². The van der Waals surface area contributed by atoms with Gasteiger partial charge in [0.1, 0.15) is 0 Å². The van der Waals surface area contributed by atoms with Crippen LogP contribution in [0.5, 0.6) is 0 Å². The van der Waals surface area contributed by atoms with Gasteiger partial charge >= 0.3 is 0 Å². The van der Waals surface area contributed by atoms with E-state index >= 15 is 0 Å². The third kappa shape index (κ3) is 3.28. The normalized spacial score (nSPS) is 14.9. The van der Waals surface area contributed by atoms with Gasteiger partial charge in [0.05, 0.1) is 5.41 Å². The van der Waals surface area contributed by atoms with Gasteiger partial charge in [0.2, 0.25) is 0 Å². The molecule has 202 valence electrons. The topological polar surface area (TPSA) is 0 Å². The second-order valence-electron chi connectivity index (χ2n) is 13.9. The fraction of sp³-hybridized carbons (Fsp3) is 0.231. The van der Waals surface area contributed by atoms with Crippen LogP contribution in [0.25, 0.3) is 42.4 Å². The van der Waals surface area contributed by atoms with Gasteiger partial charge in [-0.05, 0) is 90.7 Å². The smallest absolute Gasteiger partial charge is 0.0726 e. The molecule has 8 rings (SSSR count). The van der Waals surface area contributed by atoms with Gasteiger partial charge in [-0.3, -0.25) is 0 Å². The molecule has 41 heavy (non-hydrogen) atoms. The second-order valence-corrected chi connectivity index (χ2v) is 15.4. The molecule has 0 saturated heterocycles. The molecule has 0 N–H and O–H groups in total. The van der Waals surface area contributed by atoms with E-state index in [4.69, 9.17) is 11.6 Å². The Bertz CT molecular complexity index is 2010. The molecule has 0 nitrogen and oxygen atoms in total. The summed E-state index contributed by atoms with van der Waals surface area (Å²) in [6, 6.07) is 34.7. The molecular weight excluding hydrogens is 536 g/mol. The van der Waals surface area contributed by atoms with E-state index in [0.29, 0.717) is 0 Å². The first kappa shape index (κ1) is 25.3. The molecule has 0 saturated carbocycles. The third-order valence-electron chi connectivity index (χ3n) is 9.47. The molecule has 1 heterocycles. The molecule has 0 radical (unpaired) electrons. The van der Waals surface area contributed by atoms with Crippen LogP contribution in [0.4, 0.5) is 0 Å². The van der Waals surface area contributed by atoms with Gasteiger partial charge in [0.15, 0.2) is 0 Å². The van der Waals surface area contributed by atoms with Crippen LogP contribution in [0.1, 0.15) is 74.9 Å². The monoisotopic (exact) mass is 568 g/mol. The van der Waals surface area contributed by atoms with Gasteiger partial charge in [-0.1, -0.05) is 120 Å². The molecule has 6 aromatic rings. The van der Waals surface area contributed by atoms with Gasteiger partial charge in [0.25, 0.3) is 0 Å². The zero-order valence-electron chi connectivity index (χ0n) is 24.4. The summed E-state index contributed by atoms with van der Waals surface area (Å²) < 4.78 is 2.68. The van der Waals surface area contributed by atoms with Crippen LogP contribution in [-0.4, -0.2) is 0 Å². The summed E-state index contributed by atoms with van der Waals surface area (Å²) in [6.07, 6.45) is 0. The Hall–Kier alpha value is -3.39. The molecule has 2 aliphatic rings. The SMILES string of the molecule is CC(C)(C)c1ccc2c(c1)C1(c3cc(C(C)(C)C)ccc3-2)c2cc(Cl)ccc2-c2c1ccc1sc3ccccc3c21. The summed E-state index contributed by atoms with van der Waals surface area (Å²) >= 11 is 8.78. The number of fused-ring (bicyclic) bond motifs is 14. The summed E-state index contributed by atoms with van der Waals surface area (Å²) in [7, 11) is 0. The standard InChI is InChI=1S/C39H33ClS/c1-37(2,3)22-11-14-25-26-15-12-23(38(4,5)6)20-31(26)39(30(25)19-22)29-17-18-34-36(28-9-7-8-10-33(28)41-34)35(29)27-16-13-24(40)21-32(27)39/h7-21H,1-6H3. The number of thiophene rings is 1. The largest absolute Gasteiger partial charge is 0.135 e. The first-order valence-corrected chi connectivity index (χ1v) is 15.7. The Morgan fingerprint density at radius 3 is 1.78 bits per heavy atom. The van der Waals surface area contributed by atoms with Gasteiger partial charge in [-0.15, -0.1) is 11.3 Å². The average Bonchev–Trinajstić information content (AvgIpc) is 3.54. The molecule has 0 aliphatic heterocycles. The molecule has 1 spiro atoms. The van der Waals surface area contributed by atoms with E-state index in [9.17, 15) is 0 Å². The highest BCUT2D eigenvalue weighted by atomic mass is 35.5. The van der Waals surface area contributed by atoms with Gasteiger partial charge in [-0.25, -0.2) is 0 Å². The lowest BCUT2D eigenvalue weighted by molar-refractivity contribution is 0.586. The Labute approximate surface area is 251 Å². The van der Waals surface area contributed by atoms with Crippen molar-refractivity contribution in [3.63, 3.8) is 0 Å². The van der Waals surface area contributed by atoms with Crippen LogP contribution in [-0.2, 0) is 16.2 Å². The lowest BCUT2D eigenvalue weighted by Crippen LogP contribution is -2.27. The maximum Gasteiger partial charge on any atom is 0.0726 e. The summed E-state index contributed by atoms with van der Waals surface area (Å²) in [6.45, 7) is 13.9. The molecule has 1 aromatic heterocycles. The molecular formula is C39H33ClS. The zero-order valence-corrected chi connectivity index (χ0v) is 26.0. The first-order valence-electron chi connectivity index (χ1n) is 14.5. The summed E-state index contributed by atoms with van der Waals surface area (Å²) in [5.41, 5.74) is 13.2. The van der Waals surface area contributed by atoms with Crippen molar-refractivity contribution in [2.24, 2.45) is 0 Å². The highest BCUT2D eigenvalue weighted by Crippen LogP contribution is 2.65. The van der Waals surface area contributed by atoms with E-state index < -0.39 is 5.41 Å². The van der Waals surface area contributed by atoms with Crippen molar-refractivity contribution >= 4 is 43.1 Å². The Kier molecular flexibility index (Phi) is 5.02. The first-order chi connectivity index (χ1) is 19.5. The maximum absolute atomic E-state index is 6.88. The van der Waals surface area contributed by atoms with Crippen molar-refractivity contribution in [2.75, 3.05) is 0 Å². The Morgan fingerprint density at radius 2 is 1.15 bits per heavy atom. The molecule has 0 atom stereocenters. The number of hydrogen-bond acceptors (Lipinski definition) is 1. The zero-order chi connectivity index (χ0) is 28.5. The second kappa shape index (κ2) is 8.12. The minimum atomic E-state index is -0.431. The van der Waals surface area contributed by atoms with E-state index in [2.05, 4.69) is 133 Å². The average molecular weight is 569 g/mol. The van der Waals surface area contributed by atoms with E-state index in [0.717, 1.165) is 5.02 Å². The van der Waals surface area contributed by atoms with Crippen molar-refractivity contribution in [1.29, 1.82) is 0 Å². The van der Waals surface area contributed by atoms with Crippen molar-refractivity contribution in [3.8, 4) is 22.3 Å². The Balaban J connectivity index is 1.61. The predicted octanol–water partition coefficient (Wildman–Crippen LogP) is 11.6. The van der Waals surface area contributed by atoms with Crippen LogP contribution in [0, 0.1) is 0 Å². The Morgan fingerprint density at radius 1 is 0.561 bits per heavy atom. The van der Waals surface area contributed by atoms with E-state index in [1.54, 1.807) is 0 Å². The minimum Gasteiger partial charge on any atom is -0.135 e. The van der Waals surface area contributed by atoms with Crippen molar-refractivity contribution in [3.05, 3.63) is 129 Å². The van der Waals surface area contributed by atoms with Gasteiger partial charge < -0.3 is 0 Å². The quantitative estimate of drug-likeness (QED) is 0.171. The van der Waals surface area contributed by atoms with Crippen molar-refractivity contribution < 1.29 is 0 Å². The summed E-state index contributed by atoms with van der Waals surface area (Å²) in [4.78, 5) is 0. The molecule has 2 heteroatoms. The number of benzene rings is 5. The highest BCUT2D eigenvalue weighted by molar-refractivity contribution is 7.26. The van der Waals surface area contributed by atoms with Crippen LogP contribution in [0.2, 0.25) is 5.02 Å². The fourth-order valence-electron chi connectivity index (χ4n) is 7.44. The molecule has 0 unspecified atom stereocenters. The molecule has 5 aromatic carbocycles. The van der Waals surface area contributed by atoms with Gasteiger partial charge in [0, 0.05) is 25.2 Å². The van der Waals surface area contributed by atoms with Crippen molar-refractivity contribution in [2.45, 2.75) is 57.8 Å². The lowest BCUT2D eigenvalue weighted by atomic mass is 9.68. The number of hydrogen-bond donors (Lipinski definition) is 0. The summed E-state index contributed by atoms with van der Waals surface area (Å²) in [5.74, 6) is 0. The molecule has 0 fully saturated rings. The number of rotatable bonds is 0. The predicted molar refractivity (Wildman–Crippen MR) is 178 cm³/mol. The minimum absolute atomic E-state index is 0.0354. The van der Waals surface area contributed by atoms with Crippen LogP contribution in [0.15, 0.2) is 91.0 Å². The number of halogens is 1. The highest BCUT2D eigenvalue weighted by Gasteiger charge is 2.53. The third-order valence-corrected chi connectivity index (χ3v) is 10.8. The fourth-order valence-corrected chi connectivity index (χ4v) is 8.72. The maximum atomic E-state index is 6.88. The van der Waals surface area contributed by atoms with Crippen LogP contribution < -0.4 is 0 Å². The summed E-state index contributed by atoms with van der Waals surface area (Å²) in [5, 5.41) is 3.50. The van der Waals surface area contributed by atoms with Gasteiger partial charge in [-0.2, -0.15) is 0 Å². The van der Waals surface area contributed by atoms with Crippen LogP contribution >= 0.6 is 22.9 Å². The lowest BCUT2D eigenvalue weighted by Gasteiger charge is -2.33. The van der Waals surface area contributed by atoms with E-state index in [1.165, 1.54) is 75.8 Å². The molecule has 0 amide bonds.